The lowest BCUT2D eigenvalue weighted by atomic mass is 10.2. The molecule has 1 aromatic carbocycles. The SMILES string of the molecule is CCP(=O)(CC)COC(C)Cn1cnc2c(NCc3ccccc3)ncnc21. The van der Waals surface area contributed by atoms with Crippen molar-refractivity contribution in [1.29, 1.82) is 0 Å². The maximum absolute atomic E-state index is 12.5. The summed E-state index contributed by atoms with van der Waals surface area (Å²) in [5.74, 6) is 0.711. The Balaban J connectivity index is 1.67. The summed E-state index contributed by atoms with van der Waals surface area (Å²) in [5.41, 5.74) is 2.67. The minimum Gasteiger partial charge on any atom is -0.369 e. The van der Waals surface area contributed by atoms with E-state index in [1.165, 1.54) is 5.56 Å². The molecule has 0 aliphatic heterocycles. The van der Waals surface area contributed by atoms with Crippen LogP contribution in [-0.2, 0) is 22.4 Å². The summed E-state index contributed by atoms with van der Waals surface area (Å²) in [5, 5.41) is 3.34. The van der Waals surface area contributed by atoms with Crippen LogP contribution in [0.3, 0.4) is 0 Å². The molecule has 0 saturated carbocycles. The molecule has 1 N–H and O–H groups in total. The largest absolute Gasteiger partial charge is 0.369 e. The van der Waals surface area contributed by atoms with Gasteiger partial charge in [-0.25, -0.2) is 15.0 Å². The van der Waals surface area contributed by atoms with Crippen molar-refractivity contribution in [3.05, 3.63) is 48.5 Å². The van der Waals surface area contributed by atoms with Crippen molar-refractivity contribution in [3.8, 4) is 0 Å². The summed E-state index contributed by atoms with van der Waals surface area (Å²) < 4.78 is 20.4. The Hall–Kier alpha value is -2.24. The summed E-state index contributed by atoms with van der Waals surface area (Å²) >= 11 is 0. The lowest BCUT2D eigenvalue weighted by Gasteiger charge is -2.19. The van der Waals surface area contributed by atoms with Gasteiger partial charge in [-0.3, -0.25) is 0 Å². The molecule has 0 aliphatic rings. The number of hydrogen-bond donors (Lipinski definition) is 1. The van der Waals surface area contributed by atoms with Gasteiger partial charge >= 0.3 is 0 Å². The highest BCUT2D eigenvalue weighted by atomic mass is 31.2. The Kier molecular flexibility index (Phi) is 6.81. The number of nitrogens with zero attached hydrogens (tertiary/aromatic N) is 4. The van der Waals surface area contributed by atoms with Crippen molar-refractivity contribution >= 4 is 24.1 Å². The van der Waals surface area contributed by atoms with Gasteiger partial charge in [0.2, 0.25) is 0 Å². The van der Waals surface area contributed by atoms with Crippen LogP contribution < -0.4 is 5.32 Å². The van der Waals surface area contributed by atoms with Gasteiger partial charge in [0, 0.05) is 18.9 Å². The van der Waals surface area contributed by atoms with Crippen LogP contribution in [-0.4, -0.2) is 44.3 Å². The molecule has 0 fully saturated rings. The zero-order valence-electron chi connectivity index (χ0n) is 16.7. The van der Waals surface area contributed by atoms with E-state index in [0.717, 1.165) is 11.2 Å². The third kappa shape index (κ3) is 4.97. The first-order valence-electron chi connectivity index (χ1n) is 9.67. The van der Waals surface area contributed by atoms with Crippen LogP contribution in [0.25, 0.3) is 11.2 Å². The molecule has 0 spiro atoms. The zero-order chi connectivity index (χ0) is 20.0. The van der Waals surface area contributed by atoms with Crippen LogP contribution in [0.2, 0.25) is 0 Å². The minimum atomic E-state index is -2.20. The van der Waals surface area contributed by atoms with Gasteiger partial charge in [0.05, 0.1) is 19.0 Å². The molecule has 7 nitrogen and oxygen atoms in total. The molecule has 2 heterocycles. The molecule has 8 heteroatoms. The van der Waals surface area contributed by atoms with Gasteiger partial charge in [0.1, 0.15) is 25.3 Å². The molecular weight excluding hydrogens is 373 g/mol. The number of imidazole rings is 1. The molecule has 28 heavy (non-hydrogen) atoms. The second-order valence-corrected chi connectivity index (χ2v) is 10.6. The molecule has 3 rings (SSSR count). The van der Waals surface area contributed by atoms with E-state index in [2.05, 4.69) is 32.4 Å². The molecule has 1 atom stereocenters. The summed E-state index contributed by atoms with van der Waals surface area (Å²) in [6.45, 7) is 7.17. The lowest BCUT2D eigenvalue weighted by Crippen LogP contribution is -2.18. The molecule has 0 radical (unpaired) electrons. The quantitative estimate of drug-likeness (QED) is 0.513. The predicted molar refractivity (Wildman–Crippen MR) is 113 cm³/mol. The highest BCUT2D eigenvalue weighted by Crippen LogP contribution is 2.44. The van der Waals surface area contributed by atoms with Gasteiger partial charge in [-0.2, -0.15) is 0 Å². The first-order chi connectivity index (χ1) is 13.5. The average Bonchev–Trinajstić information content (AvgIpc) is 3.14. The average molecular weight is 401 g/mol. The fourth-order valence-electron chi connectivity index (χ4n) is 2.92. The highest BCUT2D eigenvalue weighted by Gasteiger charge is 2.19. The van der Waals surface area contributed by atoms with E-state index in [9.17, 15) is 4.57 Å². The van der Waals surface area contributed by atoms with E-state index in [1.54, 1.807) is 12.7 Å². The van der Waals surface area contributed by atoms with E-state index in [4.69, 9.17) is 4.74 Å². The maximum Gasteiger partial charge on any atom is 0.165 e. The van der Waals surface area contributed by atoms with E-state index in [1.807, 2.05) is 43.5 Å². The number of benzene rings is 1. The monoisotopic (exact) mass is 401 g/mol. The van der Waals surface area contributed by atoms with Crippen molar-refractivity contribution < 1.29 is 9.30 Å². The van der Waals surface area contributed by atoms with Crippen LogP contribution >= 0.6 is 7.14 Å². The van der Waals surface area contributed by atoms with E-state index in [0.29, 0.717) is 37.6 Å². The molecule has 1 unspecified atom stereocenters. The van der Waals surface area contributed by atoms with Gasteiger partial charge in [-0.05, 0) is 12.5 Å². The van der Waals surface area contributed by atoms with Crippen LogP contribution in [0.15, 0.2) is 43.0 Å². The third-order valence-electron chi connectivity index (χ3n) is 4.90. The molecule has 0 bridgehead atoms. The van der Waals surface area contributed by atoms with Crippen LogP contribution in [0.4, 0.5) is 5.82 Å². The Morgan fingerprint density at radius 1 is 1.14 bits per heavy atom. The summed E-state index contributed by atoms with van der Waals surface area (Å²) in [6, 6.07) is 10.1. The normalized spacial score (nSPS) is 13.0. The summed E-state index contributed by atoms with van der Waals surface area (Å²) in [6.07, 6.45) is 4.89. The van der Waals surface area contributed by atoms with Crippen molar-refractivity contribution in [2.24, 2.45) is 0 Å². The Morgan fingerprint density at radius 3 is 2.61 bits per heavy atom. The van der Waals surface area contributed by atoms with Gasteiger partial charge < -0.3 is 19.2 Å². The number of anilines is 1. The van der Waals surface area contributed by atoms with Crippen LogP contribution in [0.5, 0.6) is 0 Å². The predicted octanol–water partition coefficient (Wildman–Crippen LogP) is 4.20. The van der Waals surface area contributed by atoms with E-state index >= 15 is 0 Å². The standard InChI is InChI=1S/C20H28N5O2P/c1-4-28(26,5-2)15-27-16(3)12-25-14-24-18-19(22-13-23-20(18)25)21-11-17-9-7-6-8-10-17/h6-10,13-14,16H,4-5,11-12,15H2,1-3H3,(H,21,22,23). The molecule has 2 aromatic heterocycles. The first-order valence-corrected chi connectivity index (χ1v) is 11.9. The fraction of sp³-hybridized carbons (Fsp3) is 0.450. The van der Waals surface area contributed by atoms with Crippen molar-refractivity contribution in [3.63, 3.8) is 0 Å². The van der Waals surface area contributed by atoms with Gasteiger partial charge in [0.25, 0.3) is 0 Å². The third-order valence-corrected chi connectivity index (χ3v) is 7.83. The van der Waals surface area contributed by atoms with Gasteiger partial charge in [0.15, 0.2) is 11.5 Å². The van der Waals surface area contributed by atoms with E-state index in [-0.39, 0.29) is 6.10 Å². The van der Waals surface area contributed by atoms with E-state index < -0.39 is 7.14 Å². The lowest BCUT2D eigenvalue weighted by molar-refractivity contribution is 0.0866. The minimum absolute atomic E-state index is 0.0838. The number of ether oxygens (including phenoxy) is 1. The smallest absolute Gasteiger partial charge is 0.165 e. The number of aromatic nitrogens is 4. The molecule has 0 amide bonds. The van der Waals surface area contributed by atoms with Gasteiger partial charge in [-0.1, -0.05) is 44.2 Å². The molecule has 3 aromatic rings. The molecule has 0 saturated heterocycles. The Bertz CT molecular complexity index is 936. The number of fused-ring (bicyclic) bond motifs is 1. The Morgan fingerprint density at radius 2 is 1.89 bits per heavy atom. The van der Waals surface area contributed by atoms with Crippen molar-refractivity contribution in [2.45, 2.75) is 40.0 Å². The Labute approximate surface area is 165 Å². The second-order valence-electron chi connectivity index (χ2n) is 6.93. The number of hydrogen-bond acceptors (Lipinski definition) is 6. The number of rotatable bonds is 10. The zero-order valence-corrected chi connectivity index (χ0v) is 17.6. The summed E-state index contributed by atoms with van der Waals surface area (Å²) in [7, 11) is -2.20. The van der Waals surface area contributed by atoms with Crippen LogP contribution in [0, 0.1) is 0 Å². The molecular formula is C20H28N5O2P. The van der Waals surface area contributed by atoms with Crippen molar-refractivity contribution in [1.82, 2.24) is 19.5 Å². The van der Waals surface area contributed by atoms with Gasteiger partial charge in [-0.15, -0.1) is 0 Å². The van der Waals surface area contributed by atoms with Crippen molar-refractivity contribution in [2.75, 3.05) is 24.0 Å². The van der Waals surface area contributed by atoms with Crippen LogP contribution in [0.1, 0.15) is 26.3 Å². The first kappa shape index (κ1) is 20.5. The maximum atomic E-state index is 12.5. The number of nitrogens with one attached hydrogen (secondary N) is 1. The topological polar surface area (TPSA) is 81.9 Å². The molecule has 0 aliphatic carbocycles. The molecule has 150 valence electrons. The fourth-order valence-corrected chi connectivity index (χ4v) is 4.26. The second kappa shape index (κ2) is 9.30. The summed E-state index contributed by atoms with van der Waals surface area (Å²) in [4.78, 5) is 13.2. The highest BCUT2D eigenvalue weighted by molar-refractivity contribution is 7.63.